The third-order valence-corrected chi connectivity index (χ3v) is 6.22. The van der Waals surface area contributed by atoms with E-state index in [0.29, 0.717) is 0 Å². The van der Waals surface area contributed by atoms with Gasteiger partial charge in [0.1, 0.15) is 16.4 Å². The molecule has 4 aromatic rings. The zero-order chi connectivity index (χ0) is 19.4. The van der Waals surface area contributed by atoms with Crippen LogP contribution in [0.5, 0.6) is 5.75 Å². The number of benzene rings is 1. The highest BCUT2D eigenvalue weighted by Crippen LogP contribution is 2.36. The van der Waals surface area contributed by atoms with Crippen molar-refractivity contribution >= 4 is 27.2 Å². The van der Waals surface area contributed by atoms with Gasteiger partial charge in [0.05, 0.1) is 11.5 Å². The number of ether oxygens (including phenoxy) is 1. The van der Waals surface area contributed by atoms with E-state index < -0.39 is 0 Å². The van der Waals surface area contributed by atoms with Crippen molar-refractivity contribution in [2.45, 2.75) is 39.8 Å². The fourth-order valence-corrected chi connectivity index (χ4v) is 5.14. The maximum atomic E-state index is 5.74. The molecule has 1 aromatic carbocycles. The number of likely N-dealkylation sites (N-methyl/N-ethyl adjacent to an activating group) is 1. The second-order valence-corrected chi connectivity index (χ2v) is 8.78. The summed E-state index contributed by atoms with van der Waals surface area (Å²) in [5.74, 6) is 2.45. The van der Waals surface area contributed by atoms with E-state index >= 15 is 0 Å². The number of thiophene rings is 1. The summed E-state index contributed by atoms with van der Waals surface area (Å²) in [5.41, 5.74) is 3.30. The average Bonchev–Trinajstić information content (AvgIpc) is 3.23. The summed E-state index contributed by atoms with van der Waals surface area (Å²) in [6, 6.07) is 7.99. The van der Waals surface area contributed by atoms with Gasteiger partial charge in [0.25, 0.3) is 0 Å². The minimum Gasteiger partial charge on any atom is -0.491 e. The molecule has 0 saturated heterocycles. The number of nitrogens with zero attached hydrogens (tertiary/aromatic N) is 5. The first kappa shape index (κ1) is 17.6. The number of hydrogen-bond acceptors (Lipinski definition) is 6. The Morgan fingerprint density at radius 3 is 2.68 bits per heavy atom. The van der Waals surface area contributed by atoms with Gasteiger partial charge in [0.15, 0.2) is 11.5 Å². The molecular weight excluding hydrogens is 370 g/mol. The van der Waals surface area contributed by atoms with E-state index in [1.807, 2.05) is 49.6 Å². The molecule has 0 saturated carbocycles. The average molecular weight is 394 g/mol. The molecule has 0 radical (unpaired) electrons. The van der Waals surface area contributed by atoms with E-state index in [4.69, 9.17) is 19.8 Å². The Kier molecular flexibility index (Phi) is 4.10. The van der Waals surface area contributed by atoms with Crippen molar-refractivity contribution in [3.63, 3.8) is 0 Å². The molecule has 5 rings (SSSR count). The molecule has 0 amide bonds. The lowest BCUT2D eigenvalue weighted by Crippen LogP contribution is -2.25. The van der Waals surface area contributed by atoms with Crippen molar-refractivity contribution in [3.8, 4) is 17.1 Å². The van der Waals surface area contributed by atoms with Crippen LogP contribution in [0.25, 0.3) is 27.3 Å². The minimum absolute atomic E-state index is 0.157. The van der Waals surface area contributed by atoms with E-state index in [1.54, 1.807) is 11.3 Å². The number of rotatable bonds is 3. The van der Waals surface area contributed by atoms with Crippen LogP contribution in [-0.4, -0.2) is 44.2 Å². The van der Waals surface area contributed by atoms with Gasteiger partial charge in [-0.15, -0.1) is 16.4 Å². The van der Waals surface area contributed by atoms with Crippen LogP contribution in [0, 0.1) is 6.92 Å². The van der Waals surface area contributed by atoms with Crippen LogP contribution in [0.3, 0.4) is 0 Å². The van der Waals surface area contributed by atoms with Crippen molar-refractivity contribution in [3.05, 3.63) is 40.5 Å². The first-order valence-electron chi connectivity index (χ1n) is 9.63. The second kappa shape index (κ2) is 6.53. The summed E-state index contributed by atoms with van der Waals surface area (Å²) in [6.45, 7) is 8.10. The van der Waals surface area contributed by atoms with E-state index in [1.165, 1.54) is 15.8 Å². The Morgan fingerprint density at radius 1 is 1.14 bits per heavy atom. The van der Waals surface area contributed by atoms with Crippen molar-refractivity contribution in [2.75, 3.05) is 13.6 Å². The molecule has 0 unspecified atom stereocenters. The monoisotopic (exact) mass is 393 g/mol. The zero-order valence-electron chi connectivity index (χ0n) is 16.6. The molecule has 144 valence electrons. The molecular formula is C21H23N5OS. The maximum absolute atomic E-state index is 5.74. The molecule has 7 heteroatoms. The summed E-state index contributed by atoms with van der Waals surface area (Å²) < 4.78 is 7.63. The first-order valence-corrected chi connectivity index (χ1v) is 10.4. The summed E-state index contributed by atoms with van der Waals surface area (Å²) >= 11 is 1.79. The molecule has 1 aliphatic rings. The first-order chi connectivity index (χ1) is 13.5. The molecule has 6 nitrogen and oxygen atoms in total. The summed E-state index contributed by atoms with van der Waals surface area (Å²) in [6.07, 6.45) is 1.19. The lowest BCUT2D eigenvalue weighted by Gasteiger charge is -2.21. The Hall–Kier alpha value is -2.51. The molecule has 1 aliphatic heterocycles. The highest BCUT2D eigenvalue weighted by atomic mass is 32.1. The smallest absolute Gasteiger partial charge is 0.182 e. The van der Waals surface area contributed by atoms with Gasteiger partial charge < -0.3 is 9.64 Å². The van der Waals surface area contributed by atoms with E-state index in [2.05, 4.69) is 11.9 Å². The molecule has 0 N–H and O–H groups in total. The number of fused-ring (bicyclic) bond motifs is 5. The van der Waals surface area contributed by atoms with Gasteiger partial charge in [0, 0.05) is 23.5 Å². The van der Waals surface area contributed by atoms with Crippen molar-refractivity contribution in [1.82, 2.24) is 24.5 Å². The molecule has 3 aromatic heterocycles. The maximum Gasteiger partial charge on any atom is 0.182 e. The van der Waals surface area contributed by atoms with Crippen LogP contribution in [0.15, 0.2) is 24.3 Å². The van der Waals surface area contributed by atoms with Crippen molar-refractivity contribution < 1.29 is 4.74 Å². The lowest BCUT2D eigenvalue weighted by molar-refractivity contribution is 0.242. The number of hydrogen-bond donors (Lipinski definition) is 0. The number of aromatic nitrogens is 4. The highest BCUT2D eigenvalue weighted by molar-refractivity contribution is 7.19. The second-order valence-electron chi connectivity index (χ2n) is 7.69. The van der Waals surface area contributed by atoms with Gasteiger partial charge in [-0.3, -0.25) is 0 Å². The highest BCUT2D eigenvalue weighted by Gasteiger charge is 2.23. The van der Waals surface area contributed by atoms with Crippen LogP contribution in [0.1, 0.15) is 30.1 Å². The van der Waals surface area contributed by atoms with E-state index in [0.717, 1.165) is 52.9 Å². The molecule has 0 atom stereocenters. The normalized spacial score (nSPS) is 14.9. The largest absolute Gasteiger partial charge is 0.491 e. The fraction of sp³-hybridized carbons (Fsp3) is 0.381. The Labute approximate surface area is 167 Å². The van der Waals surface area contributed by atoms with E-state index in [9.17, 15) is 0 Å². The lowest BCUT2D eigenvalue weighted by atomic mass is 10.1. The number of aryl methyl sites for hydroxylation is 1. The Balaban J connectivity index is 1.64. The van der Waals surface area contributed by atoms with Crippen LogP contribution in [0.2, 0.25) is 0 Å². The Morgan fingerprint density at radius 2 is 1.93 bits per heavy atom. The zero-order valence-corrected chi connectivity index (χ0v) is 17.4. The van der Waals surface area contributed by atoms with Gasteiger partial charge in [-0.2, -0.15) is 4.52 Å². The van der Waals surface area contributed by atoms with Crippen LogP contribution in [-0.2, 0) is 13.0 Å². The predicted molar refractivity (Wildman–Crippen MR) is 112 cm³/mol. The molecule has 0 spiro atoms. The van der Waals surface area contributed by atoms with Gasteiger partial charge >= 0.3 is 0 Å². The topological polar surface area (TPSA) is 55.6 Å². The van der Waals surface area contributed by atoms with Crippen LogP contribution < -0.4 is 4.74 Å². The third kappa shape index (κ3) is 2.86. The molecule has 28 heavy (non-hydrogen) atoms. The van der Waals surface area contributed by atoms with E-state index in [-0.39, 0.29) is 6.10 Å². The van der Waals surface area contributed by atoms with Crippen LogP contribution >= 0.6 is 11.3 Å². The summed E-state index contributed by atoms with van der Waals surface area (Å²) in [5, 5.41) is 5.94. The minimum atomic E-state index is 0.157. The predicted octanol–water partition coefficient (Wildman–Crippen LogP) is 4.09. The van der Waals surface area contributed by atoms with Crippen LogP contribution in [0.4, 0.5) is 0 Å². The van der Waals surface area contributed by atoms with Crippen molar-refractivity contribution in [2.24, 2.45) is 0 Å². The quantitative estimate of drug-likeness (QED) is 0.525. The van der Waals surface area contributed by atoms with Gasteiger partial charge in [-0.05, 0) is 64.1 Å². The SMILES string of the molecule is Cc1nc2sc3c(c2c2nc(-c4ccc(OC(C)C)cc4)nn12)CCN(C)C3. The molecule has 0 aliphatic carbocycles. The third-order valence-electron chi connectivity index (χ3n) is 5.11. The van der Waals surface area contributed by atoms with Gasteiger partial charge in [0.2, 0.25) is 0 Å². The summed E-state index contributed by atoms with van der Waals surface area (Å²) in [7, 11) is 2.17. The Bertz CT molecular complexity index is 1180. The van der Waals surface area contributed by atoms with Gasteiger partial charge in [-0.25, -0.2) is 9.97 Å². The fourth-order valence-electron chi connectivity index (χ4n) is 3.80. The summed E-state index contributed by atoms with van der Waals surface area (Å²) in [4.78, 5) is 14.6. The molecule has 0 fully saturated rings. The van der Waals surface area contributed by atoms with Gasteiger partial charge in [-0.1, -0.05) is 0 Å². The molecule has 0 bridgehead atoms. The van der Waals surface area contributed by atoms with Crippen molar-refractivity contribution in [1.29, 1.82) is 0 Å². The molecule has 4 heterocycles. The standard InChI is InChI=1S/C21H23N5OS/c1-12(2)27-15-7-5-14(6-8-15)19-23-20-18-16-9-10-25(4)11-17(16)28-21(18)22-13(3)26(20)24-19/h5-8,12H,9-11H2,1-4H3.